The number of hydrogen-bond donors (Lipinski definition) is 4. The van der Waals surface area contributed by atoms with E-state index in [2.05, 4.69) is 96.3 Å². The van der Waals surface area contributed by atoms with Crippen LogP contribution in [-0.4, -0.2) is 150 Å². The number of carbonyl (C=O) groups is 4. The molecule has 4 N–H and O–H groups in total. The summed E-state index contributed by atoms with van der Waals surface area (Å²) >= 11 is 2.00. The van der Waals surface area contributed by atoms with Crippen LogP contribution in [0.3, 0.4) is 0 Å². The molecular formula is C43H59N5O7S. The third-order valence-corrected chi connectivity index (χ3v) is 11.8. The second-order valence-corrected chi connectivity index (χ2v) is 15.7. The molecule has 0 bridgehead atoms. The molecule has 0 aromatic heterocycles. The Hall–Kier alpha value is -4.27. The Morgan fingerprint density at radius 1 is 0.482 bits per heavy atom. The molecule has 4 rings (SSSR count). The second kappa shape index (κ2) is 24.4. The van der Waals surface area contributed by atoms with Gasteiger partial charge in [0.05, 0.1) is 30.9 Å². The van der Waals surface area contributed by atoms with E-state index in [4.69, 9.17) is 0 Å². The van der Waals surface area contributed by atoms with E-state index >= 15 is 0 Å². The van der Waals surface area contributed by atoms with Gasteiger partial charge in [-0.2, -0.15) is 0 Å². The number of carboxylic acid groups (broad SMARTS) is 3. The number of unbranched alkanes of at least 4 members (excludes halogenated alkanes) is 5. The third-order valence-electron chi connectivity index (χ3n) is 10.1. The van der Waals surface area contributed by atoms with Gasteiger partial charge in [0.25, 0.3) is 0 Å². The summed E-state index contributed by atoms with van der Waals surface area (Å²) in [4.78, 5) is 54.7. The molecule has 3 aromatic carbocycles. The van der Waals surface area contributed by atoms with Crippen LogP contribution in [0.2, 0.25) is 0 Å². The lowest BCUT2D eigenvalue weighted by molar-refractivity contribution is -0.140. The van der Waals surface area contributed by atoms with E-state index in [9.17, 15) is 34.5 Å². The number of carboxylic acids is 3. The maximum absolute atomic E-state index is 13.0. The minimum atomic E-state index is -0.997. The second-order valence-electron chi connectivity index (χ2n) is 14.4. The van der Waals surface area contributed by atoms with E-state index in [1.165, 1.54) is 16.7 Å². The van der Waals surface area contributed by atoms with E-state index < -0.39 is 17.9 Å². The minimum Gasteiger partial charge on any atom is -0.480 e. The Labute approximate surface area is 335 Å². The number of benzene rings is 3. The molecule has 13 heteroatoms. The molecule has 0 unspecified atom stereocenters. The number of thioether (sulfide) groups is 1. The molecule has 1 amide bonds. The number of carbonyl (C=O) groups excluding carboxylic acids is 1. The molecule has 0 spiro atoms. The van der Waals surface area contributed by atoms with Crippen molar-refractivity contribution in [1.82, 2.24) is 24.9 Å². The summed E-state index contributed by atoms with van der Waals surface area (Å²) in [6, 6.07) is 32.3. The van der Waals surface area contributed by atoms with Crippen LogP contribution >= 0.6 is 11.8 Å². The van der Waals surface area contributed by atoms with Crippen molar-refractivity contribution in [2.45, 2.75) is 43.3 Å². The van der Waals surface area contributed by atoms with Gasteiger partial charge < -0.3 is 20.6 Å². The Kier molecular flexibility index (Phi) is 19.4. The van der Waals surface area contributed by atoms with Gasteiger partial charge in [0.2, 0.25) is 5.91 Å². The van der Waals surface area contributed by atoms with Crippen LogP contribution in [0, 0.1) is 0 Å². The maximum Gasteiger partial charge on any atom is 0.317 e. The number of hydrogen-bond acceptors (Lipinski definition) is 9. The summed E-state index contributed by atoms with van der Waals surface area (Å²) in [6.07, 6.45) is 6.37. The lowest BCUT2D eigenvalue weighted by Crippen LogP contribution is -2.49. The van der Waals surface area contributed by atoms with E-state index in [1.807, 2.05) is 16.7 Å². The van der Waals surface area contributed by atoms with E-state index in [-0.39, 0.29) is 36.8 Å². The average molecular weight is 790 g/mol. The van der Waals surface area contributed by atoms with Crippen LogP contribution in [0.1, 0.15) is 55.2 Å². The number of aliphatic carboxylic acids is 3. The lowest BCUT2D eigenvalue weighted by Gasteiger charge is -2.35. The Morgan fingerprint density at radius 2 is 0.804 bits per heavy atom. The highest BCUT2D eigenvalue weighted by molar-refractivity contribution is 8.00. The Morgan fingerprint density at radius 3 is 1.16 bits per heavy atom. The predicted molar refractivity (Wildman–Crippen MR) is 221 cm³/mol. The van der Waals surface area contributed by atoms with Crippen LogP contribution in [0.25, 0.3) is 0 Å². The van der Waals surface area contributed by atoms with Crippen LogP contribution in [0.5, 0.6) is 0 Å². The molecule has 0 aliphatic carbocycles. The number of nitrogens with zero attached hydrogens (tertiary/aromatic N) is 4. The molecule has 304 valence electrons. The van der Waals surface area contributed by atoms with Crippen molar-refractivity contribution in [2.75, 3.05) is 90.8 Å². The van der Waals surface area contributed by atoms with Crippen molar-refractivity contribution in [3.63, 3.8) is 0 Å². The van der Waals surface area contributed by atoms with Gasteiger partial charge in [-0.1, -0.05) is 117 Å². The molecule has 56 heavy (non-hydrogen) atoms. The molecule has 1 aliphatic heterocycles. The molecule has 3 aromatic rings. The molecule has 1 fully saturated rings. The highest BCUT2D eigenvalue weighted by Gasteiger charge is 2.36. The van der Waals surface area contributed by atoms with Crippen molar-refractivity contribution < 1.29 is 34.5 Å². The van der Waals surface area contributed by atoms with Gasteiger partial charge in [-0.05, 0) is 35.3 Å². The topological polar surface area (TPSA) is 154 Å². The van der Waals surface area contributed by atoms with Crippen molar-refractivity contribution >= 4 is 35.6 Å². The third kappa shape index (κ3) is 15.3. The van der Waals surface area contributed by atoms with Gasteiger partial charge >= 0.3 is 17.9 Å². The van der Waals surface area contributed by atoms with Gasteiger partial charge in [-0.25, -0.2) is 0 Å². The van der Waals surface area contributed by atoms with Crippen molar-refractivity contribution in [1.29, 1.82) is 0 Å². The molecule has 0 atom stereocenters. The van der Waals surface area contributed by atoms with Crippen molar-refractivity contribution in [3.05, 3.63) is 108 Å². The van der Waals surface area contributed by atoms with Gasteiger partial charge in [0.1, 0.15) is 0 Å². The normalized spacial score (nSPS) is 15.7. The highest BCUT2D eigenvalue weighted by Crippen LogP contribution is 2.48. The molecule has 1 aliphatic rings. The summed E-state index contributed by atoms with van der Waals surface area (Å²) < 4.78 is -0.299. The van der Waals surface area contributed by atoms with Crippen LogP contribution in [-0.2, 0) is 23.9 Å². The van der Waals surface area contributed by atoms with E-state index in [0.717, 1.165) is 44.3 Å². The first-order chi connectivity index (χ1) is 27.2. The van der Waals surface area contributed by atoms with Gasteiger partial charge in [0.15, 0.2) is 0 Å². The van der Waals surface area contributed by atoms with Crippen molar-refractivity contribution in [3.8, 4) is 0 Å². The fourth-order valence-corrected chi connectivity index (χ4v) is 8.76. The van der Waals surface area contributed by atoms with Gasteiger partial charge in [-0.3, -0.25) is 38.8 Å². The molecule has 0 saturated carbocycles. The molecule has 12 nitrogen and oxygen atoms in total. The van der Waals surface area contributed by atoms with E-state index in [0.29, 0.717) is 58.9 Å². The zero-order valence-electron chi connectivity index (χ0n) is 32.5. The highest BCUT2D eigenvalue weighted by atomic mass is 32.2. The number of amides is 1. The number of nitrogens with one attached hydrogen (secondary N) is 1. The smallest absolute Gasteiger partial charge is 0.317 e. The quantitative estimate of drug-likeness (QED) is 0.0879. The monoisotopic (exact) mass is 789 g/mol. The fourth-order valence-electron chi connectivity index (χ4n) is 7.20. The summed E-state index contributed by atoms with van der Waals surface area (Å²) in [5.41, 5.74) is 3.83. The first kappa shape index (κ1) is 44.4. The molecular weight excluding hydrogens is 731 g/mol. The fraction of sp³-hybridized carbons (Fsp3) is 0.488. The summed E-state index contributed by atoms with van der Waals surface area (Å²) in [6.45, 7) is 3.04. The summed E-state index contributed by atoms with van der Waals surface area (Å²) in [5.74, 6) is -2.04. The summed E-state index contributed by atoms with van der Waals surface area (Å²) in [5, 5.41) is 31.3. The predicted octanol–water partition coefficient (Wildman–Crippen LogP) is 4.64. The summed E-state index contributed by atoms with van der Waals surface area (Å²) in [7, 11) is 0. The zero-order valence-corrected chi connectivity index (χ0v) is 33.3. The zero-order chi connectivity index (χ0) is 40.0. The number of rotatable bonds is 21. The standard InChI is InChI=1S/C43H59N5O7S/c49-39(32-45-23-25-46(33-40(50)51)27-29-48(35-42(54)55)30-28-47(26-24-45)34-41(52)53)44-22-14-3-1-2-4-15-31-56-43(36-16-8-5-9-17-36,37-18-10-6-11-19-37)38-20-12-7-13-21-38/h5-13,16-21H,1-4,14-15,22-35H2,(H,44,49)(H,50,51)(H,52,53)(H,54,55). The first-order valence-corrected chi connectivity index (χ1v) is 20.8. The minimum absolute atomic E-state index is 0.116. The van der Waals surface area contributed by atoms with Crippen LogP contribution in [0.4, 0.5) is 0 Å². The van der Waals surface area contributed by atoms with Crippen molar-refractivity contribution in [2.24, 2.45) is 0 Å². The first-order valence-electron chi connectivity index (χ1n) is 19.8. The maximum atomic E-state index is 13.0. The molecule has 0 radical (unpaired) electrons. The van der Waals surface area contributed by atoms with Gasteiger partial charge in [0, 0.05) is 58.9 Å². The van der Waals surface area contributed by atoms with Gasteiger partial charge in [-0.15, -0.1) is 11.8 Å². The molecule has 1 saturated heterocycles. The van der Waals surface area contributed by atoms with Crippen LogP contribution in [0.15, 0.2) is 91.0 Å². The Balaban J connectivity index is 1.21. The lowest BCUT2D eigenvalue weighted by atomic mass is 9.84. The van der Waals surface area contributed by atoms with E-state index in [1.54, 1.807) is 14.7 Å². The largest absolute Gasteiger partial charge is 0.480 e. The van der Waals surface area contributed by atoms with Crippen LogP contribution < -0.4 is 5.32 Å². The Bertz CT molecular complexity index is 1490. The SMILES string of the molecule is O=C(O)CN1CCN(CC(=O)O)CCN(CC(=O)NCCCCCCCCSC(c2ccccc2)(c2ccccc2)c2ccccc2)CCN(CC(=O)O)CC1. The molecule has 1 heterocycles. The average Bonchev–Trinajstić information content (AvgIpc) is 3.18.